The van der Waals surface area contributed by atoms with Gasteiger partial charge in [0, 0.05) is 17.0 Å². The summed E-state index contributed by atoms with van der Waals surface area (Å²) in [5, 5.41) is 4.02. The molecule has 82 valence electrons. The number of aromatic nitrogens is 1. The number of hydrogen-bond donors (Lipinski definition) is 1. The van der Waals surface area contributed by atoms with E-state index in [2.05, 4.69) is 10.3 Å². The summed E-state index contributed by atoms with van der Waals surface area (Å²) in [6, 6.07) is 6.79. The van der Waals surface area contributed by atoms with Gasteiger partial charge in [-0.25, -0.2) is 9.37 Å². The zero-order valence-corrected chi connectivity index (χ0v) is 9.48. The maximum absolute atomic E-state index is 13.6. The van der Waals surface area contributed by atoms with Crippen LogP contribution in [0, 0.1) is 5.82 Å². The fraction of sp³-hybridized carbons (Fsp3) is 0.250. The van der Waals surface area contributed by atoms with Crippen molar-refractivity contribution in [1.82, 2.24) is 4.98 Å². The summed E-state index contributed by atoms with van der Waals surface area (Å²) in [5.74, 6) is 0.739. The Bertz CT molecular complexity index is 498. The average molecular weight is 234 g/mol. The Morgan fingerprint density at radius 3 is 3.00 bits per heavy atom. The molecular weight excluding hydrogens is 223 g/mol. The van der Waals surface area contributed by atoms with Crippen LogP contribution in [0.1, 0.15) is 11.3 Å². The minimum atomic E-state index is -0.200. The quantitative estimate of drug-likeness (QED) is 0.818. The number of thiazole rings is 1. The second-order valence-electron chi connectivity index (χ2n) is 3.80. The number of nitrogens with zero attached hydrogens (tertiary/aromatic N) is 1. The molecule has 0 spiro atoms. The fourth-order valence-corrected chi connectivity index (χ4v) is 2.97. The third-order valence-corrected chi connectivity index (χ3v) is 3.82. The molecule has 16 heavy (non-hydrogen) atoms. The van der Waals surface area contributed by atoms with Gasteiger partial charge in [0.1, 0.15) is 16.6 Å². The standard InChI is InChI=1S/C12H11FN2S/c13-9-5-2-1-4-8(9)12-15-11-10(16-12)6-3-7-14-11/h1-2,4-5,14H,3,6-7H2. The molecule has 1 aliphatic heterocycles. The Balaban J connectivity index is 2.07. The summed E-state index contributed by atoms with van der Waals surface area (Å²) in [6.07, 6.45) is 2.18. The molecule has 0 radical (unpaired) electrons. The molecule has 0 saturated heterocycles. The van der Waals surface area contributed by atoms with Crippen molar-refractivity contribution in [3.63, 3.8) is 0 Å². The van der Waals surface area contributed by atoms with Gasteiger partial charge in [0.25, 0.3) is 0 Å². The molecule has 0 aliphatic carbocycles. The molecule has 0 amide bonds. The van der Waals surface area contributed by atoms with Crippen molar-refractivity contribution >= 4 is 17.2 Å². The van der Waals surface area contributed by atoms with Crippen LogP contribution < -0.4 is 5.32 Å². The van der Waals surface area contributed by atoms with Gasteiger partial charge in [-0.1, -0.05) is 12.1 Å². The van der Waals surface area contributed by atoms with Gasteiger partial charge in [0.2, 0.25) is 0 Å². The van der Waals surface area contributed by atoms with Crippen molar-refractivity contribution in [2.45, 2.75) is 12.8 Å². The lowest BCUT2D eigenvalue weighted by Crippen LogP contribution is -2.09. The maximum atomic E-state index is 13.6. The highest BCUT2D eigenvalue weighted by atomic mass is 32.1. The first kappa shape index (κ1) is 9.78. The highest BCUT2D eigenvalue weighted by Crippen LogP contribution is 2.34. The van der Waals surface area contributed by atoms with Gasteiger partial charge in [-0.2, -0.15) is 0 Å². The largest absolute Gasteiger partial charge is 0.369 e. The molecule has 1 aromatic carbocycles. The summed E-state index contributed by atoms with van der Waals surface area (Å²) in [4.78, 5) is 5.69. The predicted octanol–water partition coefficient (Wildman–Crippen LogP) is 3.31. The van der Waals surface area contributed by atoms with Crippen LogP contribution in [0.4, 0.5) is 10.2 Å². The Kier molecular flexibility index (Phi) is 2.36. The second-order valence-corrected chi connectivity index (χ2v) is 4.88. The first-order valence-electron chi connectivity index (χ1n) is 5.33. The lowest BCUT2D eigenvalue weighted by atomic mass is 10.2. The van der Waals surface area contributed by atoms with Crippen molar-refractivity contribution in [3.05, 3.63) is 35.0 Å². The number of benzene rings is 1. The second kappa shape index (κ2) is 3.87. The number of hydrogen-bond acceptors (Lipinski definition) is 3. The zero-order valence-electron chi connectivity index (χ0n) is 8.66. The maximum Gasteiger partial charge on any atom is 0.140 e. The number of nitrogens with one attached hydrogen (secondary N) is 1. The van der Waals surface area contributed by atoms with Crippen molar-refractivity contribution in [2.24, 2.45) is 0 Å². The molecule has 0 unspecified atom stereocenters. The van der Waals surface area contributed by atoms with Gasteiger partial charge < -0.3 is 5.32 Å². The van der Waals surface area contributed by atoms with Crippen LogP contribution >= 0.6 is 11.3 Å². The smallest absolute Gasteiger partial charge is 0.140 e. The lowest BCUT2D eigenvalue weighted by molar-refractivity contribution is 0.631. The predicted molar refractivity (Wildman–Crippen MR) is 64.3 cm³/mol. The molecular formula is C12H11FN2S. The molecule has 0 atom stereocenters. The van der Waals surface area contributed by atoms with Gasteiger partial charge in [-0.15, -0.1) is 11.3 Å². The minimum Gasteiger partial charge on any atom is -0.369 e. The van der Waals surface area contributed by atoms with Gasteiger partial charge in [0.15, 0.2) is 0 Å². The Labute approximate surface area is 97.2 Å². The van der Waals surface area contributed by atoms with Crippen LogP contribution in [0.5, 0.6) is 0 Å². The molecule has 0 saturated carbocycles. The summed E-state index contributed by atoms with van der Waals surface area (Å²) in [6.45, 7) is 0.966. The molecule has 2 aromatic rings. The highest BCUT2D eigenvalue weighted by molar-refractivity contribution is 7.15. The normalized spacial score (nSPS) is 14.3. The van der Waals surface area contributed by atoms with Gasteiger partial charge in [0.05, 0.1) is 0 Å². The third-order valence-electron chi connectivity index (χ3n) is 2.67. The number of aryl methyl sites for hydroxylation is 1. The van der Waals surface area contributed by atoms with Gasteiger partial charge in [-0.05, 0) is 25.0 Å². The summed E-state index contributed by atoms with van der Waals surface area (Å²) < 4.78 is 13.6. The van der Waals surface area contributed by atoms with Crippen molar-refractivity contribution in [3.8, 4) is 10.6 Å². The number of rotatable bonds is 1. The molecule has 4 heteroatoms. The Hall–Kier alpha value is -1.42. The van der Waals surface area contributed by atoms with Crippen LogP contribution in [0.15, 0.2) is 24.3 Å². The van der Waals surface area contributed by atoms with E-state index in [0.717, 1.165) is 30.2 Å². The van der Waals surface area contributed by atoms with E-state index in [1.54, 1.807) is 23.5 Å². The van der Waals surface area contributed by atoms with E-state index in [1.165, 1.54) is 10.9 Å². The molecule has 1 aliphatic rings. The van der Waals surface area contributed by atoms with Crippen LogP contribution in [0.2, 0.25) is 0 Å². The SMILES string of the molecule is Fc1ccccc1-c1nc2c(s1)CCCN2. The zero-order chi connectivity index (χ0) is 11.0. The lowest BCUT2D eigenvalue weighted by Gasteiger charge is -2.10. The summed E-state index contributed by atoms with van der Waals surface area (Å²) >= 11 is 1.59. The number of halogens is 1. The molecule has 2 nitrogen and oxygen atoms in total. The molecule has 2 heterocycles. The van der Waals surface area contributed by atoms with Crippen LogP contribution in [-0.4, -0.2) is 11.5 Å². The van der Waals surface area contributed by atoms with Crippen LogP contribution in [0.3, 0.4) is 0 Å². The first-order valence-corrected chi connectivity index (χ1v) is 6.15. The van der Waals surface area contributed by atoms with Crippen LogP contribution in [0.25, 0.3) is 10.6 Å². The monoisotopic (exact) mass is 234 g/mol. The Morgan fingerprint density at radius 2 is 2.19 bits per heavy atom. The van der Waals surface area contributed by atoms with E-state index in [-0.39, 0.29) is 5.82 Å². The summed E-state index contributed by atoms with van der Waals surface area (Å²) in [5.41, 5.74) is 0.601. The highest BCUT2D eigenvalue weighted by Gasteiger charge is 2.16. The number of fused-ring (bicyclic) bond motifs is 1. The van der Waals surface area contributed by atoms with E-state index in [9.17, 15) is 4.39 Å². The van der Waals surface area contributed by atoms with Gasteiger partial charge in [-0.3, -0.25) is 0 Å². The molecule has 1 aromatic heterocycles. The number of anilines is 1. The van der Waals surface area contributed by atoms with Crippen molar-refractivity contribution in [1.29, 1.82) is 0 Å². The third kappa shape index (κ3) is 1.59. The average Bonchev–Trinajstić information content (AvgIpc) is 2.73. The van der Waals surface area contributed by atoms with E-state index >= 15 is 0 Å². The van der Waals surface area contributed by atoms with Crippen molar-refractivity contribution in [2.75, 3.05) is 11.9 Å². The van der Waals surface area contributed by atoms with Crippen molar-refractivity contribution < 1.29 is 4.39 Å². The van der Waals surface area contributed by atoms with Gasteiger partial charge >= 0.3 is 0 Å². The molecule has 3 rings (SSSR count). The molecule has 1 N–H and O–H groups in total. The van der Waals surface area contributed by atoms with E-state index in [1.807, 2.05) is 6.07 Å². The molecule has 0 bridgehead atoms. The minimum absolute atomic E-state index is 0.200. The first-order chi connectivity index (χ1) is 7.84. The van der Waals surface area contributed by atoms with E-state index in [4.69, 9.17) is 0 Å². The van der Waals surface area contributed by atoms with Crippen LogP contribution in [-0.2, 0) is 6.42 Å². The molecule has 0 fully saturated rings. The summed E-state index contributed by atoms with van der Waals surface area (Å²) in [7, 11) is 0. The Morgan fingerprint density at radius 1 is 1.31 bits per heavy atom. The topological polar surface area (TPSA) is 24.9 Å². The van der Waals surface area contributed by atoms with E-state index < -0.39 is 0 Å². The van der Waals surface area contributed by atoms with E-state index in [0.29, 0.717) is 5.56 Å². The fourth-order valence-electron chi connectivity index (χ4n) is 1.86.